The molecule has 0 saturated heterocycles. The molecule has 0 saturated carbocycles. The van der Waals surface area contributed by atoms with Crippen LogP contribution < -0.4 is 15.4 Å². The molecule has 0 radical (unpaired) electrons. The van der Waals surface area contributed by atoms with Gasteiger partial charge in [0.15, 0.2) is 5.96 Å². The van der Waals surface area contributed by atoms with Crippen molar-refractivity contribution in [2.75, 3.05) is 20.2 Å². The molecule has 1 heterocycles. The van der Waals surface area contributed by atoms with E-state index in [4.69, 9.17) is 16.3 Å². The SMILES string of the molecule is CCNC(=NCc1cccc(OC)c1)NCCc1ccc(Cl)s1.I. The highest BCUT2D eigenvalue weighted by Gasteiger charge is 2.01. The van der Waals surface area contributed by atoms with Crippen LogP contribution in [0.5, 0.6) is 5.75 Å². The Morgan fingerprint density at radius 2 is 2.08 bits per heavy atom. The fourth-order valence-corrected chi connectivity index (χ4v) is 3.16. The van der Waals surface area contributed by atoms with Crippen LogP contribution in [-0.4, -0.2) is 26.2 Å². The monoisotopic (exact) mass is 479 g/mol. The van der Waals surface area contributed by atoms with Crippen LogP contribution >= 0.6 is 46.9 Å². The van der Waals surface area contributed by atoms with Crippen molar-refractivity contribution < 1.29 is 4.74 Å². The molecular weight excluding hydrogens is 457 g/mol. The maximum Gasteiger partial charge on any atom is 0.191 e. The number of guanidine groups is 1. The number of aliphatic imine (C=N–C) groups is 1. The Hall–Kier alpha value is -0.990. The van der Waals surface area contributed by atoms with Gasteiger partial charge in [0.1, 0.15) is 5.75 Å². The Morgan fingerprint density at radius 1 is 1.25 bits per heavy atom. The Balaban J connectivity index is 0.00000288. The van der Waals surface area contributed by atoms with Gasteiger partial charge >= 0.3 is 0 Å². The summed E-state index contributed by atoms with van der Waals surface area (Å²) in [6.07, 6.45) is 0.932. The average Bonchev–Trinajstić information content (AvgIpc) is 2.98. The number of hydrogen-bond donors (Lipinski definition) is 2. The summed E-state index contributed by atoms with van der Waals surface area (Å²) in [4.78, 5) is 5.88. The smallest absolute Gasteiger partial charge is 0.191 e. The summed E-state index contributed by atoms with van der Waals surface area (Å²) in [6, 6.07) is 12.0. The summed E-state index contributed by atoms with van der Waals surface area (Å²) in [5.41, 5.74) is 1.12. The Bertz CT molecular complexity index is 648. The first-order valence-electron chi connectivity index (χ1n) is 7.60. The van der Waals surface area contributed by atoms with Crippen molar-refractivity contribution in [2.45, 2.75) is 19.9 Å². The number of rotatable bonds is 7. The summed E-state index contributed by atoms with van der Waals surface area (Å²) >= 11 is 7.56. The van der Waals surface area contributed by atoms with E-state index in [9.17, 15) is 0 Å². The normalized spacial score (nSPS) is 10.9. The van der Waals surface area contributed by atoms with Gasteiger partial charge < -0.3 is 15.4 Å². The molecule has 4 nitrogen and oxygen atoms in total. The standard InChI is InChI=1S/C17H22ClN3OS.HI/c1-3-19-17(20-10-9-15-7-8-16(18)23-15)21-12-13-5-4-6-14(11-13)22-2;/h4-8,11H,3,9-10,12H2,1-2H3,(H2,19,20,21);1H. The number of hydrogen-bond acceptors (Lipinski definition) is 3. The maximum absolute atomic E-state index is 5.95. The Kier molecular flexibility index (Phi) is 10.1. The molecule has 0 aliphatic heterocycles. The van der Waals surface area contributed by atoms with Crippen molar-refractivity contribution in [1.29, 1.82) is 0 Å². The number of nitrogens with one attached hydrogen (secondary N) is 2. The van der Waals surface area contributed by atoms with Crippen LogP contribution in [0.3, 0.4) is 0 Å². The molecule has 0 spiro atoms. The van der Waals surface area contributed by atoms with Gasteiger partial charge in [-0.05, 0) is 43.2 Å². The van der Waals surface area contributed by atoms with E-state index >= 15 is 0 Å². The van der Waals surface area contributed by atoms with E-state index in [0.717, 1.165) is 41.1 Å². The van der Waals surface area contributed by atoms with Gasteiger partial charge in [-0.25, -0.2) is 4.99 Å². The molecule has 0 aliphatic carbocycles. The Labute approximate surface area is 169 Å². The lowest BCUT2D eigenvalue weighted by Crippen LogP contribution is -2.38. The van der Waals surface area contributed by atoms with E-state index in [0.29, 0.717) is 6.54 Å². The van der Waals surface area contributed by atoms with Gasteiger partial charge in [0.05, 0.1) is 18.0 Å². The van der Waals surface area contributed by atoms with Gasteiger partial charge in [0, 0.05) is 18.0 Å². The number of halogens is 2. The minimum atomic E-state index is 0. The fraction of sp³-hybridized carbons (Fsp3) is 0.353. The number of ether oxygens (including phenoxy) is 1. The molecule has 0 unspecified atom stereocenters. The van der Waals surface area contributed by atoms with E-state index in [2.05, 4.69) is 28.6 Å². The lowest BCUT2D eigenvalue weighted by molar-refractivity contribution is 0.414. The third kappa shape index (κ3) is 7.27. The average molecular weight is 480 g/mol. The van der Waals surface area contributed by atoms with Crippen molar-refractivity contribution in [2.24, 2.45) is 4.99 Å². The molecule has 7 heteroatoms. The first kappa shape index (κ1) is 21.1. The lowest BCUT2D eigenvalue weighted by atomic mass is 10.2. The molecule has 24 heavy (non-hydrogen) atoms. The highest BCUT2D eigenvalue weighted by molar-refractivity contribution is 14.0. The van der Waals surface area contributed by atoms with Gasteiger partial charge in [-0.1, -0.05) is 23.7 Å². The summed E-state index contributed by atoms with van der Waals surface area (Å²) in [7, 11) is 1.67. The maximum atomic E-state index is 5.95. The third-order valence-corrected chi connectivity index (χ3v) is 4.48. The number of benzene rings is 1. The molecule has 2 aromatic rings. The molecule has 2 rings (SSSR count). The first-order valence-corrected chi connectivity index (χ1v) is 8.80. The fourth-order valence-electron chi connectivity index (χ4n) is 2.07. The quantitative estimate of drug-likeness (QED) is 0.353. The van der Waals surface area contributed by atoms with Crippen LogP contribution in [0.1, 0.15) is 17.4 Å². The van der Waals surface area contributed by atoms with Gasteiger partial charge in [-0.3, -0.25) is 0 Å². The lowest BCUT2D eigenvalue weighted by Gasteiger charge is -2.11. The largest absolute Gasteiger partial charge is 0.497 e. The topological polar surface area (TPSA) is 45.7 Å². The minimum absolute atomic E-state index is 0. The molecule has 0 bridgehead atoms. The van der Waals surface area contributed by atoms with Gasteiger partial charge in [0.25, 0.3) is 0 Å². The minimum Gasteiger partial charge on any atom is -0.497 e. The van der Waals surface area contributed by atoms with Crippen molar-refractivity contribution in [3.05, 3.63) is 51.2 Å². The van der Waals surface area contributed by atoms with E-state index in [-0.39, 0.29) is 24.0 Å². The van der Waals surface area contributed by atoms with Crippen molar-refractivity contribution in [1.82, 2.24) is 10.6 Å². The third-order valence-electron chi connectivity index (χ3n) is 3.19. The predicted octanol–water partition coefficient (Wildman–Crippen LogP) is 4.33. The summed E-state index contributed by atoms with van der Waals surface area (Å²) in [5, 5.41) is 6.61. The van der Waals surface area contributed by atoms with Crippen LogP contribution in [0, 0.1) is 0 Å². The molecule has 1 aromatic carbocycles. The Morgan fingerprint density at radius 3 is 2.75 bits per heavy atom. The number of nitrogens with zero attached hydrogens (tertiary/aromatic N) is 1. The molecule has 132 valence electrons. The second-order valence-electron chi connectivity index (χ2n) is 4.93. The van der Waals surface area contributed by atoms with Crippen molar-refractivity contribution >= 4 is 52.9 Å². The summed E-state index contributed by atoms with van der Waals surface area (Å²) < 4.78 is 6.07. The highest BCUT2D eigenvalue weighted by Crippen LogP contribution is 2.21. The zero-order valence-electron chi connectivity index (χ0n) is 13.8. The van der Waals surface area contributed by atoms with Crippen LogP contribution in [-0.2, 0) is 13.0 Å². The second-order valence-corrected chi connectivity index (χ2v) is 6.73. The summed E-state index contributed by atoms with van der Waals surface area (Å²) in [5.74, 6) is 1.67. The van der Waals surface area contributed by atoms with Gasteiger partial charge in [0.2, 0.25) is 0 Å². The molecule has 0 atom stereocenters. The molecular formula is C17H23ClIN3OS. The van der Waals surface area contributed by atoms with Crippen LogP contribution in [0.25, 0.3) is 0 Å². The zero-order valence-corrected chi connectivity index (χ0v) is 17.7. The number of methoxy groups -OCH3 is 1. The van der Waals surface area contributed by atoms with Gasteiger partial charge in [-0.15, -0.1) is 35.3 Å². The van der Waals surface area contributed by atoms with E-state index in [1.807, 2.05) is 30.3 Å². The molecule has 0 amide bonds. The highest BCUT2D eigenvalue weighted by atomic mass is 127. The zero-order chi connectivity index (χ0) is 16.5. The van der Waals surface area contributed by atoms with Crippen LogP contribution in [0.2, 0.25) is 4.34 Å². The predicted molar refractivity (Wildman–Crippen MR) is 114 cm³/mol. The van der Waals surface area contributed by atoms with E-state index in [1.54, 1.807) is 18.4 Å². The van der Waals surface area contributed by atoms with Gasteiger partial charge in [-0.2, -0.15) is 0 Å². The van der Waals surface area contributed by atoms with E-state index in [1.165, 1.54) is 4.88 Å². The van der Waals surface area contributed by atoms with E-state index < -0.39 is 0 Å². The second kappa shape index (κ2) is 11.5. The molecule has 2 N–H and O–H groups in total. The summed E-state index contributed by atoms with van der Waals surface area (Å²) in [6.45, 7) is 4.31. The molecule has 0 aliphatic rings. The van der Waals surface area contributed by atoms with Crippen molar-refractivity contribution in [3.8, 4) is 5.75 Å². The molecule has 1 aromatic heterocycles. The van der Waals surface area contributed by atoms with Crippen molar-refractivity contribution in [3.63, 3.8) is 0 Å². The molecule has 0 fully saturated rings. The van der Waals surface area contributed by atoms with Crippen LogP contribution in [0.15, 0.2) is 41.4 Å². The number of thiophene rings is 1. The first-order chi connectivity index (χ1) is 11.2. The van der Waals surface area contributed by atoms with Crippen LogP contribution in [0.4, 0.5) is 0 Å².